The molecule has 2 aromatic rings. The third-order valence-electron chi connectivity index (χ3n) is 4.73. The van der Waals surface area contributed by atoms with Crippen LogP contribution in [0.15, 0.2) is 54.6 Å². The van der Waals surface area contributed by atoms with Crippen LogP contribution in [0.25, 0.3) is 0 Å². The Kier molecular flexibility index (Phi) is 6.09. The van der Waals surface area contributed by atoms with Crippen molar-refractivity contribution < 1.29 is 23.1 Å². The molecule has 4 nitrogen and oxygen atoms in total. The smallest absolute Gasteiger partial charge is 0.313 e. The van der Waals surface area contributed by atoms with Crippen molar-refractivity contribution in [2.75, 3.05) is 7.11 Å². The Morgan fingerprint density at radius 3 is 2.64 bits per heavy atom. The van der Waals surface area contributed by atoms with Gasteiger partial charge in [0.05, 0.1) is 23.6 Å². The predicted molar refractivity (Wildman–Crippen MR) is 101 cm³/mol. The molecule has 1 amide bonds. The zero-order valence-corrected chi connectivity index (χ0v) is 15.7. The summed E-state index contributed by atoms with van der Waals surface area (Å²) in [6, 6.07) is 9.16. The van der Waals surface area contributed by atoms with E-state index in [0.29, 0.717) is 6.42 Å². The largest absolute Gasteiger partial charge is 0.469 e. The zero-order valence-electron chi connectivity index (χ0n) is 15.0. The standard InChI is InChI=1S/C21H18ClF2NO3/c1-28-21(27)19(15-4-2-3-5-18(15)24)12-6-8-14(10-12)25-20(26)16-11-13(23)7-9-17(16)22/h2-9,11-12,14,19H,10H2,1H3,(H,25,26). The average molecular weight is 406 g/mol. The van der Waals surface area contributed by atoms with Crippen LogP contribution < -0.4 is 5.32 Å². The second kappa shape index (κ2) is 8.52. The normalized spacial score (nSPS) is 19.3. The van der Waals surface area contributed by atoms with Gasteiger partial charge in [-0.25, -0.2) is 8.78 Å². The van der Waals surface area contributed by atoms with Crippen LogP contribution >= 0.6 is 11.6 Å². The van der Waals surface area contributed by atoms with Crippen LogP contribution in [0.1, 0.15) is 28.3 Å². The third kappa shape index (κ3) is 4.22. The van der Waals surface area contributed by atoms with Crippen molar-refractivity contribution in [1.29, 1.82) is 0 Å². The summed E-state index contributed by atoms with van der Waals surface area (Å²) in [4.78, 5) is 24.7. The summed E-state index contributed by atoms with van der Waals surface area (Å²) in [5.74, 6) is -3.34. The number of allylic oxidation sites excluding steroid dienone is 1. The predicted octanol–water partition coefficient (Wildman–Crippen LogP) is 4.25. The molecule has 0 aliphatic heterocycles. The van der Waals surface area contributed by atoms with Crippen LogP contribution in [0.2, 0.25) is 5.02 Å². The van der Waals surface area contributed by atoms with Gasteiger partial charge in [0.15, 0.2) is 0 Å². The number of rotatable bonds is 5. The molecule has 0 radical (unpaired) electrons. The van der Waals surface area contributed by atoms with Gasteiger partial charge < -0.3 is 10.1 Å². The van der Waals surface area contributed by atoms with Crippen LogP contribution in [0.3, 0.4) is 0 Å². The highest BCUT2D eigenvalue weighted by molar-refractivity contribution is 6.33. The minimum absolute atomic E-state index is 0.0251. The number of methoxy groups -OCH3 is 1. The van der Waals surface area contributed by atoms with E-state index in [1.807, 2.05) is 0 Å². The third-order valence-corrected chi connectivity index (χ3v) is 5.06. The fourth-order valence-corrected chi connectivity index (χ4v) is 3.59. The zero-order chi connectivity index (χ0) is 20.3. The Bertz CT molecular complexity index is 932. The number of carbonyl (C=O) groups is 2. The molecule has 1 N–H and O–H groups in total. The highest BCUT2D eigenvalue weighted by Gasteiger charge is 2.35. The van der Waals surface area contributed by atoms with Crippen molar-refractivity contribution in [2.24, 2.45) is 5.92 Å². The maximum atomic E-state index is 14.2. The highest BCUT2D eigenvalue weighted by Crippen LogP contribution is 2.35. The van der Waals surface area contributed by atoms with E-state index in [-0.39, 0.29) is 22.1 Å². The van der Waals surface area contributed by atoms with Gasteiger partial charge >= 0.3 is 5.97 Å². The van der Waals surface area contributed by atoms with Gasteiger partial charge in [-0.15, -0.1) is 0 Å². The van der Waals surface area contributed by atoms with E-state index < -0.39 is 35.5 Å². The maximum Gasteiger partial charge on any atom is 0.313 e. The second-order valence-electron chi connectivity index (χ2n) is 6.51. The molecule has 3 rings (SSSR count). The number of halogens is 3. The lowest BCUT2D eigenvalue weighted by Gasteiger charge is -2.22. The SMILES string of the molecule is COC(=O)C(c1ccccc1F)C1C=CC(NC(=O)c2cc(F)ccc2Cl)C1. The van der Waals surface area contributed by atoms with Crippen molar-refractivity contribution in [3.05, 3.63) is 82.4 Å². The first-order chi connectivity index (χ1) is 13.4. The first-order valence-electron chi connectivity index (χ1n) is 8.67. The molecule has 1 aliphatic rings. The van der Waals surface area contributed by atoms with E-state index in [1.54, 1.807) is 30.4 Å². The molecule has 2 aromatic carbocycles. The molecule has 0 fully saturated rings. The maximum absolute atomic E-state index is 14.2. The Labute approximate surface area is 166 Å². The van der Waals surface area contributed by atoms with Gasteiger partial charge in [-0.3, -0.25) is 9.59 Å². The summed E-state index contributed by atoms with van der Waals surface area (Å²) in [6.45, 7) is 0. The summed E-state index contributed by atoms with van der Waals surface area (Å²) in [7, 11) is 1.25. The molecule has 28 heavy (non-hydrogen) atoms. The molecule has 0 saturated heterocycles. The first kappa shape index (κ1) is 20.0. The van der Waals surface area contributed by atoms with Crippen molar-refractivity contribution in [3.63, 3.8) is 0 Å². The Morgan fingerprint density at radius 1 is 1.18 bits per heavy atom. The van der Waals surface area contributed by atoms with Crippen LogP contribution in [0.4, 0.5) is 8.78 Å². The molecular weight excluding hydrogens is 388 g/mol. The Balaban J connectivity index is 1.75. The summed E-state index contributed by atoms with van der Waals surface area (Å²) >= 11 is 5.97. The van der Waals surface area contributed by atoms with Crippen molar-refractivity contribution >= 4 is 23.5 Å². The van der Waals surface area contributed by atoms with Crippen molar-refractivity contribution in [1.82, 2.24) is 5.32 Å². The number of benzene rings is 2. The van der Waals surface area contributed by atoms with Crippen molar-refractivity contribution in [3.8, 4) is 0 Å². The van der Waals surface area contributed by atoms with E-state index in [9.17, 15) is 18.4 Å². The summed E-state index contributed by atoms with van der Waals surface area (Å²) in [5.41, 5.74) is 0.265. The lowest BCUT2D eigenvalue weighted by molar-refractivity contribution is -0.143. The van der Waals surface area contributed by atoms with Crippen LogP contribution in [-0.2, 0) is 9.53 Å². The van der Waals surface area contributed by atoms with E-state index in [2.05, 4.69) is 5.32 Å². The summed E-state index contributed by atoms with van der Waals surface area (Å²) < 4.78 is 32.5. The molecule has 0 heterocycles. The molecule has 3 unspecified atom stereocenters. The number of hydrogen-bond acceptors (Lipinski definition) is 3. The minimum Gasteiger partial charge on any atom is -0.469 e. The first-order valence-corrected chi connectivity index (χ1v) is 9.05. The van der Waals surface area contributed by atoms with Gasteiger partial charge in [-0.2, -0.15) is 0 Å². The second-order valence-corrected chi connectivity index (χ2v) is 6.92. The van der Waals surface area contributed by atoms with Crippen molar-refractivity contribution in [2.45, 2.75) is 18.4 Å². The number of nitrogens with one attached hydrogen (secondary N) is 1. The number of amides is 1. The topological polar surface area (TPSA) is 55.4 Å². The fourth-order valence-electron chi connectivity index (χ4n) is 3.39. The Morgan fingerprint density at radius 2 is 1.93 bits per heavy atom. The van der Waals surface area contributed by atoms with Crippen LogP contribution in [-0.4, -0.2) is 25.0 Å². The lowest BCUT2D eigenvalue weighted by Crippen LogP contribution is -2.34. The van der Waals surface area contributed by atoms with Gasteiger partial charge in [-0.1, -0.05) is 42.0 Å². The van der Waals surface area contributed by atoms with Crippen LogP contribution in [0, 0.1) is 17.6 Å². The molecular formula is C21H18ClF2NO3. The summed E-state index contributed by atoms with van der Waals surface area (Å²) in [5, 5.41) is 2.88. The number of esters is 1. The highest BCUT2D eigenvalue weighted by atomic mass is 35.5. The summed E-state index contributed by atoms with van der Waals surface area (Å²) in [6.07, 6.45) is 3.85. The van der Waals surface area contributed by atoms with E-state index in [0.717, 1.165) is 6.07 Å². The number of carbonyl (C=O) groups excluding carboxylic acids is 2. The van der Waals surface area contributed by atoms with Crippen LogP contribution in [0.5, 0.6) is 0 Å². The Hall–Kier alpha value is -2.73. The monoisotopic (exact) mass is 405 g/mol. The number of ether oxygens (including phenoxy) is 1. The molecule has 1 aliphatic carbocycles. The quantitative estimate of drug-likeness (QED) is 0.597. The lowest BCUT2D eigenvalue weighted by atomic mass is 9.85. The minimum atomic E-state index is -0.831. The number of hydrogen-bond donors (Lipinski definition) is 1. The molecule has 7 heteroatoms. The van der Waals surface area contributed by atoms with E-state index in [1.165, 1.54) is 25.3 Å². The average Bonchev–Trinajstić information content (AvgIpc) is 3.13. The molecule has 0 aromatic heterocycles. The van der Waals surface area contributed by atoms with Gasteiger partial charge in [0, 0.05) is 11.6 Å². The molecule has 0 bridgehead atoms. The molecule has 0 saturated carbocycles. The van der Waals surface area contributed by atoms with E-state index >= 15 is 0 Å². The van der Waals surface area contributed by atoms with Gasteiger partial charge in [0.2, 0.25) is 0 Å². The van der Waals surface area contributed by atoms with Gasteiger partial charge in [0.25, 0.3) is 5.91 Å². The van der Waals surface area contributed by atoms with Gasteiger partial charge in [-0.05, 0) is 36.6 Å². The van der Waals surface area contributed by atoms with E-state index in [4.69, 9.17) is 16.3 Å². The molecule has 146 valence electrons. The molecule has 0 spiro atoms. The molecule has 3 atom stereocenters. The van der Waals surface area contributed by atoms with Gasteiger partial charge in [0.1, 0.15) is 11.6 Å². The fraction of sp³-hybridized carbons (Fsp3) is 0.238.